The van der Waals surface area contributed by atoms with Gasteiger partial charge in [0, 0.05) is 12.1 Å². The molecule has 1 saturated heterocycles. The topological polar surface area (TPSA) is 122 Å². The van der Waals surface area contributed by atoms with E-state index >= 15 is 0 Å². The molecule has 2 aromatic carbocycles. The number of benzene rings is 2. The molecule has 1 atom stereocenters. The van der Waals surface area contributed by atoms with Crippen LogP contribution in [0.4, 0.5) is 0 Å². The van der Waals surface area contributed by atoms with Crippen molar-refractivity contribution in [2.45, 2.75) is 30.7 Å². The Morgan fingerprint density at radius 3 is 2.39 bits per heavy atom. The lowest BCUT2D eigenvalue weighted by Gasteiger charge is -2.22. The molecule has 0 unspecified atom stereocenters. The Hall–Kier alpha value is -3.24. The molecule has 0 radical (unpaired) electrons. The van der Waals surface area contributed by atoms with E-state index in [2.05, 4.69) is 10.9 Å². The van der Waals surface area contributed by atoms with Crippen LogP contribution in [-0.4, -0.2) is 49.7 Å². The fourth-order valence-electron chi connectivity index (χ4n) is 3.17. The minimum Gasteiger partial charge on any atom is -0.454 e. The molecule has 164 valence electrons. The molecule has 1 aliphatic heterocycles. The average molecular weight is 445 g/mol. The second kappa shape index (κ2) is 9.71. The highest BCUT2D eigenvalue weighted by Gasteiger charge is 2.40. The van der Waals surface area contributed by atoms with Crippen LogP contribution in [0.25, 0.3) is 0 Å². The van der Waals surface area contributed by atoms with Crippen molar-refractivity contribution in [2.75, 3.05) is 13.2 Å². The number of hydrogen-bond acceptors (Lipinski definition) is 6. The molecule has 0 aromatic heterocycles. The molecule has 3 rings (SSSR count). The summed E-state index contributed by atoms with van der Waals surface area (Å²) in [4.78, 5) is 36.3. The lowest BCUT2D eigenvalue weighted by atomic mass is 10.2. The number of sulfonamides is 1. The van der Waals surface area contributed by atoms with E-state index in [-0.39, 0.29) is 11.4 Å². The number of nitrogens with one attached hydrogen (secondary N) is 2. The molecule has 0 aliphatic carbocycles. The normalized spacial score (nSPS) is 16.5. The minimum absolute atomic E-state index is 0.0965. The number of amides is 2. The fraction of sp³-hybridized carbons (Fsp3) is 0.286. The molecule has 1 aliphatic rings. The van der Waals surface area contributed by atoms with Crippen LogP contribution in [0.15, 0.2) is 59.5 Å². The SMILES string of the molecule is Cc1ccc(S(=O)(=O)N2CCC[C@H]2C(=O)OCC(=O)NNC(=O)c2ccccc2)cc1. The lowest BCUT2D eigenvalue weighted by molar-refractivity contribution is -0.151. The Bertz CT molecular complexity index is 1050. The summed E-state index contributed by atoms with van der Waals surface area (Å²) in [7, 11) is -3.87. The largest absolute Gasteiger partial charge is 0.454 e. The van der Waals surface area contributed by atoms with Crippen LogP contribution in [-0.2, 0) is 24.3 Å². The van der Waals surface area contributed by atoms with Crippen molar-refractivity contribution in [2.24, 2.45) is 0 Å². The van der Waals surface area contributed by atoms with Gasteiger partial charge in [-0.05, 0) is 44.0 Å². The Morgan fingerprint density at radius 1 is 1.03 bits per heavy atom. The number of aryl methyl sites for hydroxylation is 1. The third-order valence-electron chi connectivity index (χ3n) is 4.80. The third-order valence-corrected chi connectivity index (χ3v) is 6.72. The molecule has 1 heterocycles. The number of carbonyl (C=O) groups excluding carboxylic acids is 3. The maximum atomic E-state index is 12.9. The number of esters is 1. The molecule has 31 heavy (non-hydrogen) atoms. The van der Waals surface area contributed by atoms with Gasteiger partial charge in [-0.3, -0.25) is 25.2 Å². The van der Waals surface area contributed by atoms with Crippen molar-refractivity contribution in [3.63, 3.8) is 0 Å². The molecule has 1 fully saturated rings. The Morgan fingerprint density at radius 2 is 1.71 bits per heavy atom. The summed E-state index contributed by atoms with van der Waals surface area (Å²) in [6.07, 6.45) is 0.806. The second-order valence-electron chi connectivity index (χ2n) is 7.06. The lowest BCUT2D eigenvalue weighted by Crippen LogP contribution is -2.45. The number of ether oxygens (including phenoxy) is 1. The van der Waals surface area contributed by atoms with Crippen molar-refractivity contribution in [3.8, 4) is 0 Å². The van der Waals surface area contributed by atoms with Gasteiger partial charge in [0.15, 0.2) is 6.61 Å². The number of hydrogen-bond donors (Lipinski definition) is 2. The second-order valence-corrected chi connectivity index (χ2v) is 8.95. The van der Waals surface area contributed by atoms with Crippen LogP contribution in [0.1, 0.15) is 28.8 Å². The average Bonchev–Trinajstić information content (AvgIpc) is 3.28. The van der Waals surface area contributed by atoms with Gasteiger partial charge in [-0.25, -0.2) is 8.42 Å². The highest BCUT2D eigenvalue weighted by molar-refractivity contribution is 7.89. The molecule has 0 saturated carbocycles. The summed E-state index contributed by atoms with van der Waals surface area (Å²) >= 11 is 0. The minimum atomic E-state index is -3.87. The monoisotopic (exact) mass is 445 g/mol. The number of nitrogens with zero attached hydrogens (tertiary/aromatic N) is 1. The van der Waals surface area contributed by atoms with E-state index in [1.165, 1.54) is 12.1 Å². The van der Waals surface area contributed by atoms with Gasteiger partial charge in [-0.1, -0.05) is 35.9 Å². The van der Waals surface area contributed by atoms with Crippen LogP contribution in [0.5, 0.6) is 0 Å². The zero-order valence-corrected chi connectivity index (χ0v) is 17.7. The maximum Gasteiger partial charge on any atom is 0.324 e. The first-order valence-electron chi connectivity index (χ1n) is 9.68. The van der Waals surface area contributed by atoms with E-state index in [1.54, 1.807) is 42.5 Å². The van der Waals surface area contributed by atoms with Crippen molar-refractivity contribution in [3.05, 3.63) is 65.7 Å². The first kappa shape index (κ1) is 22.4. The quantitative estimate of drug-likeness (QED) is 0.508. The maximum absolute atomic E-state index is 12.9. The van der Waals surface area contributed by atoms with E-state index in [1.807, 2.05) is 6.92 Å². The van der Waals surface area contributed by atoms with Gasteiger partial charge >= 0.3 is 5.97 Å². The zero-order chi connectivity index (χ0) is 22.4. The fourth-order valence-corrected chi connectivity index (χ4v) is 4.81. The summed E-state index contributed by atoms with van der Waals surface area (Å²) in [5.74, 6) is -2.08. The van der Waals surface area contributed by atoms with Crippen LogP contribution < -0.4 is 10.9 Å². The molecule has 2 N–H and O–H groups in total. The van der Waals surface area contributed by atoms with Crippen molar-refractivity contribution in [1.82, 2.24) is 15.2 Å². The highest BCUT2D eigenvalue weighted by Crippen LogP contribution is 2.27. The van der Waals surface area contributed by atoms with Crippen LogP contribution in [0, 0.1) is 6.92 Å². The van der Waals surface area contributed by atoms with Crippen molar-refractivity contribution in [1.29, 1.82) is 0 Å². The van der Waals surface area contributed by atoms with Gasteiger partial charge < -0.3 is 4.74 Å². The Kier molecular flexibility index (Phi) is 7.03. The molecule has 10 heteroatoms. The van der Waals surface area contributed by atoms with Gasteiger partial charge in [0.1, 0.15) is 6.04 Å². The number of carbonyl (C=O) groups is 3. The van der Waals surface area contributed by atoms with Crippen molar-refractivity contribution >= 4 is 27.8 Å². The predicted molar refractivity (Wildman–Crippen MR) is 111 cm³/mol. The zero-order valence-electron chi connectivity index (χ0n) is 16.9. The van der Waals surface area contributed by atoms with E-state index in [0.717, 1.165) is 9.87 Å². The van der Waals surface area contributed by atoms with E-state index in [9.17, 15) is 22.8 Å². The standard InChI is InChI=1S/C21H23N3O6S/c1-15-9-11-17(12-10-15)31(28,29)24-13-5-8-18(24)21(27)30-14-19(25)22-23-20(26)16-6-3-2-4-7-16/h2-4,6-7,9-12,18H,5,8,13-14H2,1H3,(H,22,25)(H,23,26)/t18-/m0/s1. The van der Waals surface area contributed by atoms with Gasteiger partial charge in [0.2, 0.25) is 10.0 Å². The predicted octanol–water partition coefficient (Wildman–Crippen LogP) is 1.15. The van der Waals surface area contributed by atoms with Crippen LogP contribution >= 0.6 is 0 Å². The molecule has 2 amide bonds. The Balaban J connectivity index is 1.54. The number of hydrazine groups is 1. The molecule has 0 bridgehead atoms. The number of rotatable bonds is 6. The summed E-state index contributed by atoms with van der Waals surface area (Å²) in [5, 5.41) is 0. The Labute approximate surface area is 180 Å². The first-order valence-corrected chi connectivity index (χ1v) is 11.1. The summed E-state index contributed by atoms with van der Waals surface area (Å²) in [6.45, 7) is 1.39. The summed E-state index contributed by atoms with van der Waals surface area (Å²) in [5.41, 5.74) is 5.63. The molecule has 0 spiro atoms. The van der Waals surface area contributed by atoms with Crippen LogP contribution in [0.3, 0.4) is 0 Å². The molecular formula is C21H23N3O6S. The molecule has 9 nitrogen and oxygen atoms in total. The smallest absolute Gasteiger partial charge is 0.324 e. The van der Waals surface area contributed by atoms with E-state index < -0.39 is 40.5 Å². The van der Waals surface area contributed by atoms with Gasteiger partial charge in [0.05, 0.1) is 4.90 Å². The van der Waals surface area contributed by atoms with Gasteiger partial charge in [0.25, 0.3) is 11.8 Å². The van der Waals surface area contributed by atoms with Gasteiger partial charge in [-0.15, -0.1) is 0 Å². The molecular weight excluding hydrogens is 422 g/mol. The highest BCUT2D eigenvalue weighted by atomic mass is 32.2. The van der Waals surface area contributed by atoms with Crippen LogP contribution in [0.2, 0.25) is 0 Å². The van der Waals surface area contributed by atoms with Crippen molar-refractivity contribution < 1.29 is 27.5 Å². The van der Waals surface area contributed by atoms with E-state index in [4.69, 9.17) is 4.74 Å². The summed E-state index contributed by atoms with van der Waals surface area (Å²) in [6, 6.07) is 13.6. The van der Waals surface area contributed by atoms with Gasteiger partial charge in [-0.2, -0.15) is 4.31 Å². The third kappa shape index (κ3) is 5.47. The summed E-state index contributed by atoms with van der Waals surface area (Å²) < 4.78 is 31.9. The van der Waals surface area contributed by atoms with E-state index in [0.29, 0.717) is 18.4 Å². The molecule has 2 aromatic rings. The first-order chi connectivity index (χ1) is 14.8.